The second-order valence-electron chi connectivity index (χ2n) is 8.11. The minimum Gasteiger partial charge on any atom is -0.388 e. The maximum absolute atomic E-state index is 13.9. The van der Waals surface area contributed by atoms with Gasteiger partial charge < -0.3 is 14.5 Å². The molecule has 3 aromatic heterocycles. The van der Waals surface area contributed by atoms with Gasteiger partial charge in [-0.1, -0.05) is 29.8 Å². The number of hydrogen-bond donors (Lipinski definition) is 2. The van der Waals surface area contributed by atoms with Gasteiger partial charge in [0.15, 0.2) is 10.9 Å². The van der Waals surface area contributed by atoms with E-state index < -0.39 is 6.17 Å². The van der Waals surface area contributed by atoms with E-state index in [1.807, 2.05) is 13.0 Å². The van der Waals surface area contributed by atoms with Crippen molar-refractivity contribution in [1.82, 2.24) is 20.0 Å². The zero-order chi connectivity index (χ0) is 23.8. The van der Waals surface area contributed by atoms with Gasteiger partial charge in [-0.25, -0.2) is 14.2 Å². The van der Waals surface area contributed by atoms with Crippen molar-refractivity contribution in [3.05, 3.63) is 57.5 Å². The number of aliphatic hydroxyl groups is 1. The van der Waals surface area contributed by atoms with Crippen molar-refractivity contribution in [2.75, 3.05) is 18.4 Å². The number of urea groups is 1. The highest BCUT2D eigenvalue weighted by atomic mass is 35.5. The van der Waals surface area contributed by atoms with Crippen LogP contribution in [0.4, 0.5) is 14.3 Å². The van der Waals surface area contributed by atoms with E-state index in [1.54, 1.807) is 29.3 Å². The lowest BCUT2D eigenvalue weighted by atomic mass is 9.97. The fourth-order valence-corrected chi connectivity index (χ4v) is 5.23. The molecule has 0 saturated heterocycles. The molecule has 2 amide bonds. The summed E-state index contributed by atoms with van der Waals surface area (Å²) in [6, 6.07) is 3.13. The Labute approximate surface area is 203 Å². The molecule has 2 N–H and O–H groups in total. The Morgan fingerprint density at radius 2 is 2.29 bits per heavy atom. The minimum atomic E-state index is -1.04. The topological polar surface area (TPSA) is 104 Å². The van der Waals surface area contributed by atoms with Crippen LogP contribution in [0.25, 0.3) is 22.9 Å². The van der Waals surface area contributed by atoms with Crippen LogP contribution in [-0.4, -0.2) is 50.4 Å². The van der Waals surface area contributed by atoms with Crippen LogP contribution in [0.2, 0.25) is 5.02 Å². The van der Waals surface area contributed by atoms with Gasteiger partial charge in [0.1, 0.15) is 18.5 Å². The van der Waals surface area contributed by atoms with E-state index in [9.17, 15) is 9.18 Å². The van der Waals surface area contributed by atoms with Crippen LogP contribution in [-0.2, 0) is 6.61 Å². The van der Waals surface area contributed by atoms with Crippen LogP contribution in [0.3, 0.4) is 0 Å². The van der Waals surface area contributed by atoms with Crippen LogP contribution in [0, 0.1) is 0 Å². The molecule has 1 aliphatic carbocycles. The molecular formula is C23H21ClFN5O3S. The fraction of sp³-hybridized carbons (Fsp3) is 0.304. The number of fused-ring (bicyclic) bond motifs is 1. The number of anilines is 1. The summed E-state index contributed by atoms with van der Waals surface area (Å²) in [5.41, 5.74) is 3.55. The molecule has 8 nitrogen and oxygen atoms in total. The summed E-state index contributed by atoms with van der Waals surface area (Å²) in [4.78, 5) is 24.2. The number of amides is 2. The molecule has 4 heterocycles. The maximum atomic E-state index is 13.9. The van der Waals surface area contributed by atoms with Gasteiger partial charge in [-0.3, -0.25) is 10.3 Å². The number of carbonyl (C=O) groups is 1. The number of alkyl halides is 1. The Morgan fingerprint density at radius 1 is 1.44 bits per heavy atom. The number of rotatable bonds is 4. The van der Waals surface area contributed by atoms with E-state index >= 15 is 0 Å². The number of hydrogen-bond acceptors (Lipinski definition) is 7. The first kappa shape index (κ1) is 22.7. The predicted octanol–water partition coefficient (Wildman–Crippen LogP) is 5.13. The first-order valence-electron chi connectivity index (χ1n) is 10.7. The molecule has 2 unspecified atom stereocenters. The summed E-state index contributed by atoms with van der Waals surface area (Å²) in [6.07, 6.45) is 6.31. The zero-order valence-corrected chi connectivity index (χ0v) is 19.7. The minimum absolute atomic E-state index is 0.234. The number of allylic oxidation sites excluding steroid dienone is 1. The molecule has 176 valence electrons. The highest BCUT2D eigenvalue weighted by Crippen LogP contribution is 2.37. The summed E-state index contributed by atoms with van der Waals surface area (Å²) in [5, 5.41) is 16.8. The molecule has 0 fully saturated rings. The van der Waals surface area contributed by atoms with Crippen molar-refractivity contribution in [2.24, 2.45) is 0 Å². The second kappa shape index (κ2) is 9.28. The largest absolute Gasteiger partial charge is 0.388 e. The average molecular weight is 502 g/mol. The van der Waals surface area contributed by atoms with Gasteiger partial charge in [0, 0.05) is 41.7 Å². The van der Waals surface area contributed by atoms with Crippen LogP contribution in [0.5, 0.6) is 0 Å². The highest BCUT2D eigenvalue weighted by Gasteiger charge is 2.27. The van der Waals surface area contributed by atoms with E-state index in [4.69, 9.17) is 21.2 Å². The molecule has 0 radical (unpaired) electrons. The Balaban J connectivity index is 1.25. The smallest absolute Gasteiger partial charge is 0.323 e. The van der Waals surface area contributed by atoms with Crippen LogP contribution >= 0.6 is 22.9 Å². The van der Waals surface area contributed by atoms with Crippen molar-refractivity contribution >= 4 is 45.7 Å². The van der Waals surface area contributed by atoms with Crippen molar-refractivity contribution in [3.8, 4) is 11.3 Å². The molecular weight excluding hydrogens is 481 g/mol. The van der Waals surface area contributed by atoms with Crippen molar-refractivity contribution in [1.29, 1.82) is 0 Å². The molecule has 11 heteroatoms. The molecule has 0 saturated carbocycles. The first-order chi connectivity index (χ1) is 16.4. The van der Waals surface area contributed by atoms with Gasteiger partial charge in [-0.2, -0.15) is 0 Å². The molecule has 34 heavy (non-hydrogen) atoms. The SMILES string of the molecule is CC1c2sc(NC(=O)N3CC=C(c4ncc(-c5cc(CO)on5)cc4Cl)CC3)nc2C=CC1F. The van der Waals surface area contributed by atoms with Gasteiger partial charge in [0.05, 0.1) is 16.4 Å². The number of thiazole rings is 1. The summed E-state index contributed by atoms with van der Waals surface area (Å²) < 4.78 is 18.9. The van der Waals surface area contributed by atoms with Crippen LogP contribution in [0.15, 0.2) is 35.0 Å². The van der Waals surface area contributed by atoms with E-state index in [1.165, 1.54) is 17.4 Å². The monoisotopic (exact) mass is 501 g/mol. The number of nitrogens with one attached hydrogen (secondary N) is 1. The number of aromatic nitrogens is 3. The summed E-state index contributed by atoms with van der Waals surface area (Å²) in [6.45, 7) is 2.48. The summed E-state index contributed by atoms with van der Waals surface area (Å²) in [7, 11) is 0. The van der Waals surface area contributed by atoms with E-state index in [0.29, 0.717) is 58.1 Å². The van der Waals surface area contributed by atoms with Crippen molar-refractivity contribution in [3.63, 3.8) is 0 Å². The summed E-state index contributed by atoms with van der Waals surface area (Å²) in [5.74, 6) is 0.0901. The van der Waals surface area contributed by atoms with Crippen LogP contribution < -0.4 is 5.32 Å². The number of pyridine rings is 1. The molecule has 0 spiro atoms. The molecule has 2 aliphatic rings. The molecule has 3 aromatic rings. The van der Waals surface area contributed by atoms with Gasteiger partial charge in [-0.15, -0.1) is 11.3 Å². The Hall–Kier alpha value is -3.08. The molecule has 1 aliphatic heterocycles. The standard InChI is InChI=1S/C23H21ClFN5O3S/c1-12-17(25)2-3-18-21(12)34-22(27-18)28-23(32)30-6-4-13(5-7-30)20-16(24)8-14(10-26-20)19-9-15(11-31)33-29-19/h2-4,8-10,12,17,31H,5-7,11H2,1H3,(H,27,28,32). The van der Waals surface area contributed by atoms with E-state index in [2.05, 4.69) is 20.4 Å². The molecule has 0 aromatic carbocycles. The fourth-order valence-electron chi connectivity index (χ4n) is 3.91. The number of nitrogens with zero attached hydrogens (tertiary/aromatic N) is 4. The number of aliphatic hydroxyl groups excluding tert-OH is 1. The average Bonchev–Trinajstić information content (AvgIpc) is 3.49. The van der Waals surface area contributed by atoms with Crippen LogP contribution in [0.1, 0.15) is 41.3 Å². The first-order valence-corrected chi connectivity index (χ1v) is 11.9. The lowest BCUT2D eigenvalue weighted by molar-refractivity contribution is 0.217. The third kappa shape index (κ3) is 4.36. The predicted molar refractivity (Wildman–Crippen MR) is 128 cm³/mol. The van der Waals surface area contributed by atoms with Gasteiger partial charge >= 0.3 is 6.03 Å². The van der Waals surface area contributed by atoms with E-state index in [-0.39, 0.29) is 18.6 Å². The maximum Gasteiger partial charge on any atom is 0.323 e. The summed E-state index contributed by atoms with van der Waals surface area (Å²) >= 11 is 7.80. The molecule has 0 bridgehead atoms. The molecule has 2 atom stereocenters. The van der Waals surface area contributed by atoms with Crippen molar-refractivity contribution in [2.45, 2.75) is 32.0 Å². The van der Waals surface area contributed by atoms with Crippen molar-refractivity contribution < 1.29 is 18.8 Å². The van der Waals surface area contributed by atoms with Gasteiger partial charge in [0.2, 0.25) is 0 Å². The quantitative estimate of drug-likeness (QED) is 0.513. The Bertz CT molecular complexity index is 1300. The second-order valence-corrected chi connectivity index (χ2v) is 9.55. The lowest BCUT2D eigenvalue weighted by Gasteiger charge is -2.26. The van der Waals surface area contributed by atoms with E-state index in [0.717, 1.165) is 10.5 Å². The zero-order valence-electron chi connectivity index (χ0n) is 18.2. The Morgan fingerprint density at radius 3 is 3.00 bits per heavy atom. The highest BCUT2D eigenvalue weighted by molar-refractivity contribution is 7.16. The number of halogens is 2. The number of carbonyl (C=O) groups excluding carboxylic acids is 1. The van der Waals surface area contributed by atoms with Gasteiger partial charge in [-0.05, 0) is 30.2 Å². The Kier molecular flexibility index (Phi) is 6.20. The third-order valence-corrected chi connectivity index (χ3v) is 7.35. The normalized spacial score (nSPS) is 19.6. The molecule has 5 rings (SSSR count). The lowest BCUT2D eigenvalue weighted by Crippen LogP contribution is -2.37. The van der Waals surface area contributed by atoms with Gasteiger partial charge in [0.25, 0.3) is 0 Å². The third-order valence-electron chi connectivity index (χ3n) is 5.88.